The normalized spacial score (nSPS) is 13.1. The predicted octanol–water partition coefficient (Wildman–Crippen LogP) is 6.97. The number of rotatable bonds is 2. The molecule has 1 aliphatic carbocycles. The summed E-state index contributed by atoms with van der Waals surface area (Å²) < 4.78 is 0. The average molecular weight is 338 g/mol. The van der Waals surface area contributed by atoms with Gasteiger partial charge in [-0.15, -0.1) is 11.3 Å². The van der Waals surface area contributed by atoms with E-state index < -0.39 is 0 Å². The zero-order valence-electron chi connectivity index (χ0n) is 14.1. The van der Waals surface area contributed by atoms with Gasteiger partial charge < -0.3 is 0 Å². The molecule has 0 unspecified atom stereocenters. The molecule has 120 valence electrons. The van der Waals surface area contributed by atoms with Gasteiger partial charge in [-0.05, 0) is 76.2 Å². The lowest BCUT2D eigenvalue weighted by Gasteiger charge is -2.09. The Kier molecular flexibility index (Phi) is 3.36. The minimum absolute atomic E-state index is 1.04. The Hall–Kier alpha value is -2.64. The fourth-order valence-electron chi connectivity index (χ4n) is 3.74. The van der Waals surface area contributed by atoms with E-state index in [1.807, 2.05) is 11.3 Å². The number of fused-ring (bicyclic) bond motifs is 2. The molecule has 0 bridgehead atoms. The zero-order chi connectivity index (χ0) is 16.8. The largest absolute Gasteiger partial charge is 0.141 e. The van der Waals surface area contributed by atoms with Crippen LogP contribution in [-0.2, 0) is 6.42 Å². The molecule has 4 aromatic rings. The number of hydrogen-bond acceptors (Lipinski definition) is 1. The fourth-order valence-corrected chi connectivity index (χ4v) is 4.62. The van der Waals surface area contributed by atoms with Crippen molar-refractivity contribution in [2.45, 2.75) is 13.3 Å². The standard InChI is InChI=1S/C24H18S/c1-16-9-12-24(25-16)21-14-19-7-4-8-22(23(19)15-21)20-11-10-17-5-2-3-6-18(17)13-20/h2-13,15H,14H2,1H3. The summed E-state index contributed by atoms with van der Waals surface area (Å²) >= 11 is 1.89. The highest BCUT2D eigenvalue weighted by Gasteiger charge is 2.18. The number of allylic oxidation sites excluding steroid dienone is 1. The summed E-state index contributed by atoms with van der Waals surface area (Å²) in [5.41, 5.74) is 6.91. The van der Waals surface area contributed by atoms with Crippen LogP contribution in [0.4, 0.5) is 0 Å². The number of benzene rings is 3. The Balaban J connectivity index is 1.64. The van der Waals surface area contributed by atoms with Crippen molar-refractivity contribution in [1.82, 2.24) is 0 Å². The van der Waals surface area contributed by atoms with Crippen LogP contribution >= 0.6 is 11.3 Å². The van der Waals surface area contributed by atoms with E-state index in [2.05, 4.69) is 85.8 Å². The number of aryl methyl sites for hydroxylation is 1. The summed E-state index contributed by atoms with van der Waals surface area (Å²) in [6.45, 7) is 2.18. The van der Waals surface area contributed by atoms with Gasteiger partial charge in [0, 0.05) is 9.75 Å². The Labute approximate surface area is 152 Å². The second-order valence-corrected chi connectivity index (χ2v) is 7.98. The van der Waals surface area contributed by atoms with Crippen molar-refractivity contribution in [2.24, 2.45) is 0 Å². The van der Waals surface area contributed by atoms with Gasteiger partial charge in [-0.2, -0.15) is 0 Å². The molecule has 0 radical (unpaired) electrons. The van der Waals surface area contributed by atoms with Crippen molar-refractivity contribution in [3.05, 3.63) is 93.7 Å². The highest BCUT2D eigenvalue weighted by molar-refractivity contribution is 7.13. The molecule has 0 atom stereocenters. The van der Waals surface area contributed by atoms with Gasteiger partial charge in [-0.25, -0.2) is 0 Å². The second kappa shape index (κ2) is 5.72. The van der Waals surface area contributed by atoms with Crippen LogP contribution in [0.15, 0.2) is 72.8 Å². The van der Waals surface area contributed by atoms with Crippen LogP contribution in [0.3, 0.4) is 0 Å². The van der Waals surface area contributed by atoms with Crippen LogP contribution in [-0.4, -0.2) is 0 Å². The molecule has 1 aliphatic rings. The molecule has 0 amide bonds. The lowest BCUT2D eigenvalue weighted by molar-refractivity contribution is 1.33. The summed E-state index contributed by atoms with van der Waals surface area (Å²) in [6, 6.07) is 26.5. The number of thiophene rings is 1. The molecular weight excluding hydrogens is 320 g/mol. The second-order valence-electron chi connectivity index (χ2n) is 6.70. The molecule has 0 fully saturated rings. The van der Waals surface area contributed by atoms with Gasteiger partial charge in [-0.1, -0.05) is 54.6 Å². The minimum atomic E-state index is 1.04. The summed E-state index contributed by atoms with van der Waals surface area (Å²) in [7, 11) is 0. The van der Waals surface area contributed by atoms with Crippen LogP contribution in [0.1, 0.15) is 20.9 Å². The van der Waals surface area contributed by atoms with Gasteiger partial charge in [0.2, 0.25) is 0 Å². The van der Waals surface area contributed by atoms with E-state index in [4.69, 9.17) is 0 Å². The van der Waals surface area contributed by atoms with Crippen molar-refractivity contribution in [1.29, 1.82) is 0 Å². The fraction of sp³-hybridized carbons (Fsp3) is 0.0833. The van der Waals surface area contributed by atoms with Crippen molar-refractivity contribution >= 4 is 33.8 Å². The van der Waals surface area contributed by atoms with Gasteiger partial charge >= 0.3 is 0 Å². The molecule has 1 aromatic heterocycles. The van der Waals surface area contributed by atoms with E-state index in [1.54, 1.807) is 0 Å². The third-order valence-electron chi connectivity index (χ3n) is 5.01. The maximum Gasteiger partial charge on any atom is 0.0308 e. The molecule has 3 aromatic carbocycles. The van der Waals surface area contributed by atoms with Crippen molar-refractivity contribution in [2.75, 3.05) is 0 Å². The molecule has 1 heterocycles. The van der Waals surface area contributed by atoms with E-state index in [0.29, 0.717) is 0 Å². The lowest BCUT2D eigenvalue weighted by Crippen LogP contribution is -1.87. The molecule has 1 heteroatoms. The first kappa shape index (κ1) is 14.7. The molecule has 0 nitrogen and oxygen atoms in total. The van der Waals surface area contributed by atoms with Gasteiger partial charge in [-0.3, -0.25) is 0 Å². The molecule has 0 saturated heterocycles. The topological polar surface area (TPSA) is 0 Å². The predicted molar refractivity (Wildman–Crippen MR) is 110 cm³/mol. The SMILES string of the molecule is Cc1ccc(C2=Cc3c(cccc3-c3ccc4ccccc4c3)C2)s1. The van der Waals surface area contributed by atoms with Gasteiger partial charge in [0.15, 0.2) is 0 Å². The highest BCUT2D eigenvalue weighted by atomic mass is 32.1. The van der Waals surface area contributed by atoms with Crippen molar-refractivity contribution in [3.8, 4) is 11.1 Å². The molecule has 0 spiro atoms. The van der Waals surface area contributed by atoms with E-state index in [1.165, 1.54) is 48.4 Å². The van der Waals surface area contributed by atoms with Gasteiger partial charge in [0.05, 0.1) is 0 Å². The lowest BCUT2D eigenvalue weighted by atomic mass is 9.95. The highest BCUT2D eigenvalue weighted by Crippen LogP contribution is 2.39. The van der Waals surface area contributed by atoms with E-state index in [9.17, 15) is 0 Å². The summed E-state index contributed by atoms with van der Waals surface area (Å²) in [5.74, 6) is 0. The maximum atomic E-state index is 2.39. The summed E-state index contributed by atoms with van der Waals surface area (Å²) in [6.07, 6.45) is 3.43. The van der Waals surface area contributed by atoms with Crippen LogP contribution in [0, 0.1) is 6.92 Å². The van der Waals surface area contributed by atoms with Crippen LogP contribution in [0.25, 0.3) is 33.5 Å². The molecule has 0 N–H and O–H groups in total. The smallest absolute Gasteiger partial charge is 0.0308 e. The molecule has 0 aliphatic heterocycles. The zero-order valence-corrected chi connectivity index (χ0v) is 14.9. The van der Waals surface area contributed by atoms with E-state index >= 15 is 0 Å². The van der Waals surface area contributed by atoms with Gasteiger partial charge in [0.1, 0.15) is 0 Å². The molecule has 25 heavy (non-hydrogen) atoms. The molecule has 0 saturated carbocycles. The number of hydrogen-bond donors (Lipinski definition) is 0. The Morgan fingerprint density at radius 3 is 2.52 bits per heavy atom. The van der Waals surface area contributed by atoms with E-state index in [-0.39, 0.29) is 0 Å². The van der Waals surface area contributed by atoms with Gasteiger partial charge in [0.25, 0.3) is 0 Å². The first-order valence-electron chi connectivity index (χ1n) is 8.66. The first-order valence-corrected chi connectivity index (χ1v) is 9.48. The third kappa shape index (κ3) is 2.52. The molecule has 5 rings (SSSR count). The van der Waals surface area contributed by atoms with Crippen LogP contribution in [0.2, 0.25) is 0 Å². The average Bonchev–Trinajstić information content (AvgIpc) is 3.27. The van der Waals surface area contributed by atoms with Crippen LogP contribution in [0.5, 0.6) is 0 Å². The maximum absolute atomic E-state index is 2.39. The summed E-state index contributed by atoms with van der Waals surface area (Å²) in [4.78, 5) is 2.78. The van der Waals surface area contributed by atoms with Crippen molar-refractivity contribution < 1.29 is 0 Å². The Bertz CT molecular complexity index is 1130. The third-order valence-corrected chi connectivity index (χ3v) is 6.09. The van der Waals surface area contributed by atoms with Crippen LogP contribution < -0.4 is 0 Å². The summed E-state index contributed by atoms with van der Waals surface area (Å²) in [5, 5.41) is 2.60. The van der Waals surface area contributed by atoms with Crippen molar-refractivity contribution in [3.63, 3.8) is 0 Å². The molecular formula is C24H18S. The monoisotopic (exact) mass is 338 g/mol. The quantitative estimate of drug-likeness (QED) is 0.370. The Morgan fingerprint density at radius 2 is 1.68 bits per heavy atom. The minimum Gasteiger partial charge on any atom is -0.141 e. The van der Waals surface area contributed by atoms with E-state index in [0.717, 1.165) is 6.42 Å². The first-order chi connectivity index (χ1) is 12.3. The Morgan fingerprint density at radius 1 is 0.800 bits per heavy atom.